The number of benzene rings is 1. The molecule has 1 N–H and O–H groups in total. The molecule has 1 aromatic carbocycles. The van der Waals surface area contributed by atoms with Gasteiger partial charge in [0, 0.05) is 25.6 Å². The molecular weight excluding hydrogens is 354 g/mol. The number of unbranched alkanes of at least 4 members (excludes halogenated alkanes) is 1. The lowest BCUT2D eigenvalue weighted by Gasteiger charge is -2.39. The summed E-state index contributed by atoms with van der Waals surface area (Å²) in [6, 6.07) is 6.02. The van der Waals surface area contributed by atoms with Crippen molar-refractivity contribution < 1.29 is 14.3 Å². The summed E-state index contributed by atoms with van der Waals surface area (Å²) in [4.78, 5) is 29.3. The van der Waals surface area contributed by atoms with Gasteiger partial charge in [0.15, 0.2) is 0 Å². The van der Waals surface area contributed by atoms with E-state index in [1.54, 1.807) is 0 Å². The summed E-state index contributed by atoms with van der Waals surface area (Å²) < 4.78 is 6.03. The van der Waals surface area contributed by atoms with Gasteiger partial charge in [0.05, 0.1) is 12.2 Å². The minimum Gasteiger partial charge on any atom is -0.486 e. The van der Waals surface area contributed by atoms with Gasteiger partial charge in [0.1, 0.15) is 11.9 Å². The molecule has 2 heterocycles. The van der Waals surface area contributed by atoms with E-state index in [0.717, 1.165) is 55.6 Å². The van der Waals surface area contributed by atoms with Crippen molar-refractivity contribution in [1.29, 1.82) is 0 Å². The number of fused-ring (bicyclic) bond motifs is 1. The zero-order valence-corrected chi connectivity index (χ0v) is 17.4. The van der Waals surface area contributed by atoms with Gasteiger partial charge >= 0.3 is 6.03 Å². The number of carbonyl (C=O) groups excluding carboxylic acids is 2. The van der Waals surface area contributed by atoms with Crippen LogP contribution in [0.15, 0.2) is 18.2 Å². The van der Waals surface area contributed by atoms with Gasteiger partial charge in [-0.25, -0.2) is 4.79 Å². The molecule has 1 aromatic rings. The quantitative estimate of drug-likeness (QED) is 0.783. The number of nitrogens with one attached hydrogen (secondary N) is 1. The molecule has 1 unspecified atom stereocenters. The van der Waals surface area contributed by atoms with Crippen LogP contribution < -0.4 is 15.0 Å². The van der Waals surface area contributed by atoms with Crippen LogP contribution >= 0.6 is 0 Å². The molecule has 6 nitrogen and oxygen atoms in total. The number of urea groups is 1. The first-order valence-electron chi connectivity index (χ1n) is 10.6. The molecule has 2 aliphatic rings. The molecule has 3 rings (SSSR count). The number of hydrogen-bond donors (Lipinski definition) is 1. The zero-order valence-electron chi connectivity index (χ0n) is 17.4. The van der Waals surface area contributed by atoms with Crippen LogP contribution in [0.4, 0.5) is 10.5 Å². The third kappa shape index (κ3) is 4.59. The van der Waals surface area contributed by atoms with Gasteiger partial charge in [-0.15, -0.1) is 0 Å². The van der Waals surface area contributed by atoms with E-state index in [0.29, 0.717) is 19.6 Å². The van der Waals surface area contributed by atoms with Gasteiger partial charge in [-0.3, -0.25) is 9.69 Å². The normalized spacial score (nSPS) is 19.8. The van der Waals surface area contributed by atoms with Crippen molar-refractivity contribution in [3.05, 3.63) is 23.8 Å². The minimum atomic E-state index is 0.0149. The molecule has 0 aromatic heterocycles. The molecule has 1 saturated heterocycles. The molecule has 1 fully saturated rings. The Morgan fingerprint density at radius 3 is 2.64 bits per heavy atom. The van der Waals surface area contributed by atoms with Crippen molar-refractivity contribution in [3.8, 4) is 5.75 Å². The Bertz CT molecular complexity index is 698. The third-order valence-electron chi connectivity index (χ3n) is 5.74. The summed E-state index contributed by atoms with van der Waals surface area (Å²) in [5.74, 6) is 0.935. The lowest BCUT2D eigenvalue weighted by atomic mass is 9.96. The van der Waals surface area contributed by atoms with Crippen LogP contribution in [-0.2, 0) is 4.79 Å². The molecule has 28 heavy (non-hydrogen) atoms. The number of amides is 3. The highest BCUT2D eigenvalue weighted by Crippen LogP contribution is 2.36. The van der Waals surface area contributed by atoms with Crippen molar-refractivity contribution >= 4 is 17.6 Å². The van der Waals surface area contributed by atoms with Gasteiger partial charge < -0.3 is 15.0 Å². The first-order valence-corrected chi connectivity index (χ1v) is 10.6. The second-order valence-electron chi connectivity index (χ2n) is 7.92. The Balaban J connectivity index is 1.63. The van der Waals surface area contributed by atoms with E-state index in [1.165, 1.54) is 0 Å². The molecule has 154 valence electrons. The van der Waals surface area contributed by atoms with Crippen molar-refractivity contribution in [2.45, 2.75) is 59.0 Å². The predicted octanol–water partition coefficient (Wildman–Crippen LogP) is 3.72. The van der Waals surface area contributed by atoms with E-state index in [2.05, 4.69) is 19.2 Å². The van der Waals surface area contributed by atoms with Crippen LogP contribution in [0.1, 0.15) is 51.5 Å². The Hall–Kier alpha value is -2.24. The van der Waals surface area contributed by atoms with Gasteiger partial charge in [-0.2, -0.15) is 0 Å². The first-order chi connectivity index (χ1) is 13.5. The van der Waals surface area contributed by atoms with E-state index < -0.39 is 0 Å². The van der Waals surface area contributed by atoms with Gasteiger partial charge in [0.25, 0.3) is 0 Å². The summed E-state index contributed by atoms with van der Waals surface area (Å²) in [5, 5.41) is 3.02. The average molecular weight is 388 g/mol. The fraction of sp³-hybridized carbons (Fsp3) is 0.636. The van der Waals surface area contributed by atoms with Crippen LogP contribution in [0.25, 0.3) is 0 Å². The summed E-state index contributed by atoms with van der Waals surface area (Å²) in [5.41, 5.74) is 1.96. The molecule has 0 aliphatic carbocycles. The van der Waals surface area contributed by atoms with Crippen LogP contribution in [0.5, 0.6) is 5.75 Å². The maximum absolute atomic E-state index is 13.3. The lowest BCUT2D eigenvalue weighted by Crippen LogP contribution is -2.52. The third-order valence-corrected chi connectivity index (χ3v) is 5.74. The standard InChI is InChI=1S/C22H33N3O3/c1-4-6-11-23-21(26)17-9-12-24(13-10-17)22(27)25-15-18(5-2)28-20-8-7-16(3)14-19(20)25/h7-8,14,17-18H,4-6,9-13,15H2,1-3H3,(H,23,26). The smallest absolute Gasteiger partial charge is 0.324 e. The van der Waals surface area contributed by atoms with Crippen LogP contribution in [0.3, 0.4) is 0 Å². The number of anilines is 1. The highest BCUT2D eigenvalue weighted by Gasteiger charge is 2.34. The highest BCUT2D eigenvalue weighted by molar-refractivity contribution is 5.94. The maximum atomic E-state index is 13.3. The second-order valence-corrected chi connectivity index (χ2v) is 7.92. The monoisotopic (exact) mass is 387 g/mol. The molecule has 0 radical (unpaired) electrons. The molecular formula is C22H33N3O3. The Morgan fingerprint density at radius 1 is 1.21 bits per heavy atom. The number of nitrogens with zero attached hydrogens (tertiary/aromatic N) is 2. The van der Waals surface area contributed by atoms with Gasteiger partial charge in [-0.1, -0.05) is 26.3 Å². The number of carbonyl (C=O) groups is 2. The van der Waals surface area contributed by atoms with Gasteiger partial charge in [0.2, 0.25) is 5.91 Å². The summed E-state index contributed by atoms with van der Waals surface area (Å²) in [6.45, 7) is 8.79. The fourth-order valence-electron chi connectivity index (χ4n) is 3.89. The van der Waals surface area contributed by atoms with Crippen molar-refractivity contribution in [3.63, 3.8) is 0 Å². The van der Waals surface area contributed by atoms with Crippen LogP contribution in [0.2, 0.25) is 0 Å². The average Bonchev–Trinajstić information content (AvgIpc) is 2.72. The van der Waals surface area contributed by atoms with Crippen molar-refractivity contribution in [2.75, 3.05) is 31.1 Å². The topological polar surface area (TPSA) is 61.9 Å². The molecule has 0 bridgehead atoms. The van der Waals surface area contributed by atoms with E-state index in [-0.39, 0.29) is 24.0 Å². The molecule has 1 atom stereocenters. The molecule has 0 spiro atoms. The molecule has 6 heteroatoms. The van der Waals surface area contributed by atoms with E-state index in [1.807, 2.05) is 34.9 Å². The second kappa shape index (κ2) is 9.30. The number of rotatable bonds is 5. The Morgan fingerprint density at radius 2 is 1.96 bits per heavy atom. The SMILES string of the molecule is CCCCNC(=O)C1CCN(C(=O)N2CC(CC)Oc3ccc(C)cc32)CC1. The van der Waals surface area contributed by atoms with E-state index in [4.69, 9.17) is 4.74 Å². The summed E-state index contributed by atoms with van der Waals surface area (Å²) >= 11 is 0. The zero-order chi connectivity index (χ0) is 20.1. The maximum Gasteiger partial charge on any atom is 0.324 e. The number of aryl methyl sites for hydroxylation is 1. The molecule has 3 amide bonds. The summed E-state index contributed by atoms with van der Waals surface area (Å²) in [6.07, 6.45) is 4.42. The number of likely N-dealkylation sites (tertiary alicyclic amines) is 1. The van der Waals surface area contributed by atoms with E-state index in [9.17, 15) is 9.59 Å². The van der Waals surface area contributed by atoms with Crippen molar-refractivity contribution in [2.24, 2.45) is 5.92 Å². The predicted molar refractivity (Wildman–Crippen MR) is 111 cm³/mol. The minimum absolute atomic E-state index is 0.0149. The number of hydrogen-bond acceptors (Lipinski definition) is 3. The molecule has 2 aliphatic heterocycles. The van der Waals surface area contributed by atoms with E-state index >= 15 is 0 Å². The Labute approximate surface area is 168 Å². The highest BCUT2D eigenvalue weighted by atomic mass is 16.5. The number of piperidine rings is 1. The number of ether oxygens (including phenoxy) is 1. The van der Waals surface area contributed by atoms with Crippen LogP contribution in [0, 0.1) is 12.8 Å². The Kier molecular flexibility index (Phi) is 6.81. The van der Waals surface area contributed by atoms with Gasteiger partial charge in [-0.05, 0) is 50.3 Å². The first kappa shape index (κ1) is 20.5. The van der Waals surface area contributed by atoms with Crippen molar-refractivity contribution in [1.82, 2.24) is 10.2 Å². The lowest BCUT2D eigenvalue weighted by molar-refractivity contribution is -0.126. The fourth-order valence-corrected chi connectivity index (χ4v) is 3.89. The van der Waals surface area contributed by atoms with Crippen LogP contribution in [-0.4, -0.2) is 49.1 Å². The molecule has 0 saturated carbocycles. The summed E-state index contributed by atoms with van der Waals surface area (Å²) in [7, 11) is 0. The largest absolute Gasteiger partial charge is 0.486 e.